The maximum atomic E-state index is 13.0. The summed E-state index contributed by atoms with van der Waals surface area (Å²) in [5.74, 6) is 1.81. The van der Waals surface area contributed by atoms with Gasteiger partial charge in [-0.25, -0.2) is 0 Å². The fourth-order valence-electron chi connectivity index (χ4n) is 3.23. The maximum absolute atomic E-state index is 13.0. The van der Waals surface area contributed by atoms with Gasteiger partial charge in [0.05, 0.1) is 21.8 Å². The van der Waals surface area contributed by atoms with Crippen LogP contribution in [0.25, 0.3) is 0 Å². The highest BCUT2D eigenvalue weighted by Gasteiger charge is 2.44. The minimum Gasteiger partial charge on any atom is -0.269 e. The maximum Gasteiger partial charge on any atom is 0.262 e. The lowest BCUT2D eigenvalue weighted by atomic mass is 10.1. The summed E-state index contributed by atoms with van der Waals surface area (Å²) in [5, 5.41) is 0. The summed E-state index contributed by atoms with van der Waals surface area (Å²) in [6.45, 7) is 0. The largest absolute Gasteiger partial charge is 0.269 e. The molecule has 122 valence electrons. The van der Waals surface area contributed by atoms with E-state index >= 15 is 0 Å². The van der Waals surface area contributed by atoms with Crippen LogP contribution in [0, 0.1) is 0 Å². The molecule has 2 heterocycles. The predicted octanol–water partition coefficient (Wildman–Crippen LogP) is 4.22. The van der Waals surface area contributed by atoms with Crippen molar-refractivity contribution in [1.29, 1.82) is 0 Å². The quantitative estimate of drug-likeness (QED) is 0.773. The van der Waals surface area contributed by atoms with Crippen molar-refractivity contribution in [3.05, 3.63) is 71.3 Å². The molecule has 1 fully saturated rings. The van der Waals surface area contributed by atoms with Crippen molar-refractivity contribution < 1.29 is 9.59 Å². The molecule has 2 aliphatic heterocycles. The number of carbonyl (C=O) groups is 2. The van der Waals surface area contributed by atoms with E-state index in [2.05, 4.69) is 0 Å². The number of fused-ring (bicyclic) bond motifs is 1. The summed E-state index contributed by atoms with van der Waals surface area (Å²) in [6.07, 6.45) is 1.18. The van der Waals surface area contributed by atoms with Crippen LogP contribution in [-0.4, -0.2) is 32.8 Å². The minimum atomic E-state index is -0.228. The van der Waals surface area contributed by atoms with Crippen LogP contribution in [-0.2, 0) is 0 Å². The summed E-state index contributed by atoms with van der Waals surface area (Å²) in [4.78, 5) is 27.4. The highest BCUT2D eigenvalue weighted by Crippen LogP contribution is 2.44. The Balaban J connectivity index is 1.77. The van der Waals surface area contributed by atoms with Gasteiger partial charge in [-0.15, -0.1) is 23.5 Å². The molecule has 3 nitrogen and oxygen atoms in total. The highest BCUT2D eigenvalue weighted by atomic mass is 32.2. The van der Waals surface area contributed by atoms with E-state index in [1.807, 2.05) is 66.0 Å². The van der Waals surface area contributed by atoms with Gasteiger partial charge in [-0.05, 0) is 35.6 Å². The topological polar surface area (TPSA) is 37.4 Å². The van der Waals surface area contributed by atoms with Crippen molar-refractivity contribution in [1.82, 2.24) is 4.90 Å². The summed E-state index contributed by atoms with van der Waals surface area (Å²) in [6, 6.07) is 16.8. The number of carbonyl (C=O) groups excluding carboxylic acids is 2. The van der Waals surface area contributed by atoms with Gasteiger partial charge in [-0.1, -0.05) is 42.5 Å². The first-order valence-electron chi connectivity index (χ1n) is 8.02. The summed E-state index contributed by atoms with van der Waals surface area (Å²) < 4.78 is 0.184. The molecule has 5 heteroatoms. The molecular weight excluding hydrogens is 338 g/mol. The number of rotatable bonds is 3. The van der Waals surface area contributed by atoms with E-state index in [4.69, 9.17) is 0 Å². The number of benzene rings is 2. The number of thioether (sulfide) groups is 2. The molecule has 0 aliphatic carbocycles. The van der Waals surface area contributed by atoms with Crippen LogP contribution in [0.2, 0.25) is 0 Å². The number of amides is 2. The fourth-order valence-corrected chi connectivity index (χ4v) is 6.38. The third-order valence-corrected chi connectivity index (χ3v) is 7.39. The first-order valence-corrected chi connectivity index (χ1v) is 10.1. The smallest absolute Gasteiger partial charge is 0.262 e. The lowest BCUT2D eigenvalue weighted by Gasteiger charge is -2.35. The van der Waals surface area contributed by atoms with Crippen molar-refractivity contribution >= 4 is 35.3 Å². The lowest BCUT2D eigenvalue weighted by Crippen LogP contribution is -2.39. The molecule has 0 spiro atoms. The van der Waals surface area contributed by atoms with Crippen molar-refractivity contribution in [2.75, 3.05) is 11.5 Å². The highest BCUT2D eigenvalue weighted by molar-refractivity contribution is 8.17. The second kappa shape index (κ2) is 6.65. The van der Waals surface area contributed by atoms with Crippen LogP contribution in [0.1, 0.15) is 38.7 Å². The Kier molecular flexibility index (Phi) is 4.37. The van der Waals surface area contributed by atoms with Gasteiger partial charge in [-0.2, -0.15) is 0 Å². The zero-order valence-corrected chi connectivity index (χ0v) is 14.7. The zero-order chi connectivity index (χ0) is 16.5. The van der Waals surface area contributed by atoms with Crippen molar-refractivity contribution in [2.24, 2.45) is 0 Å². The molecule has 0 saturated carbocycles. The molecule has 24 heavy (non-hydrogen) atoms. The Hall–Kier alpha value is -1.72. The first kappa shape index (κ1) is 15.8. The molecule has 2 aromatic carbocycles. The average Bonchev–Trinajstić information content (AvgIpc) is 2.90. The molecule has 0 radical (unpaired) electrons. The van der Waals surface area contributed by atoms with Crippen LogP contribution in [0.15, 0.2) is 54.6 Å². The Morgan fingerprint density at radius 3 is 1.96 bits per heavy atom. The molecule has 1 saturated heterocycles. The molecule has 1 atom stereocenters. The number of nitrogens with zero attached hydrogens (tertiary/aromatic N) is 1. The van der Waals surface area contributed by atoms with Crippen LogP contribution in [0.5, 0.6) is 0 Å². The van der Waals surface area contributed by atoms with Gasteiger partial charge in [0.15, 0.2) is 0 Å². The SMILES string of the molecule is O=C1c2ccccc2C(=O)N1C(c1ccccc1)C1SCCCS1. The van der Waals surface area contributed by atoms with Crippen LogP contribution in [0.3, 0.4) is 0 Å². The lowest BCUT2D eigenvalue weighted by molar-refractivity contribution is 0.0593. The monoisotopic (exact) mass is 355 g/mol. The van der Waals surface area contributed by atoms with Crippen molar-refractivity contribution in [3.63, 3.8) is 0 Å². The van der Waals surface area contributed by atoms with E-state index in [1.54, 1.807) is 12.1 Å². The molecule has 0 N–H and O–H groups in total. The Morgan fingerprint density at radius 2 is 1.38 bits per heavy atom. The Labute approximate surface area is 149 Å². The molecule has 4 rings (SSSR count). The Bertz CT molecular complexity index is 737. The van der Waals surface area contributed by atoms with Crippen LogP contribution < -0.4 is 0 Å². The molecular formula is C19H17NO2S2. The standard InChI is InChI=1S/C19H17NO2S2/c21-17-14-9-4-5-10-15(14)18(22)20(17)16(13-7-2-1-3-8-13)19-23-11-6-12-24-19/h1-5,7-10,16,19H,6,11-12H2. The fraction of sp³-hybridized carbons (Fsp3) is 0.263. The zero-order valence-electron chi connectivity index (χ0n) is 13.1. The number of imide groups is 1. The van der Waals surface area contributed by atoms with Gasteiger partial charge < -0.3 is 0 Å². The first-order chi connectivity index (χ1) is 11.8. The van der Waals surface area contributed by atoms with Crippen LogP contribution >= 0.6 is 23.5 Å². The molecule has 1 unspecified atom stereocenters. The van der Waals surface area contributed by atoms with Crippen molar-refractivity contribution in [2.45, 2.75) is 17.0 Å². The summed E-state index contributed by atoms with van der Waals surface area (Å²) in [5.41, 5.74) is 2.07. The minimum absolute atomic E-state index is 0.170. The van der Waals surface area contributed by atoms with Gasteiger partial charge in [0.2, 0.25) is 0 Å². The van der Waals surface area contributed by atoms with Gasteiger partial charge in [0.1, 0.15) is 0 Å². The van der Waals surface area contributed by atoms with E-state index in [9.17, 15) is 9.59 Å². The average molecular weight is 355 g/mol. The third-order valence-electron chi connectivity index (χ3n) is 4.36. The normalized spacial score (nSPS) is 19.4. The number of hydrogen-bond donors (Lipinski definition) is 0. The molecule has 0 aromatic heterocycles. The van der Waals surface area contributed by atoms with E-state index < -0.39 is 0 Å². The van der Waals surface area contributed by atoms with Gasteiger partial charge >= 0.3 is 0 Å². The van der Waals surface area contributed by atoms with Gasteiger partial charge in [-0.3, -0.25) is 14.5 Å². The van der Waals surface area contributed by atoms with Crippen molar-refractivity contribution in [3.8, 4) is 0 Å². The molecule has 2 amide bonds. The molecule has 0 bridgehead atoms. The van der Waals surface area contributed by atoms with E-state index in [0.29, 0.717) is 11.1 Å². The number of hydrogen-bond acceptors (Lipinski definition) is 4. The van der Waals surface area contributed by atoms with Gasteiger partial charge in [0, 0.05) is 0 Å². The second-order valence-electron chi connectivity index (χ2n) is 5.84. The predicted molar refractivity (Wildman–Crippen MR) is 99.4 cm³/mol. The second-order valence-corrected chi connectivity index (χ2v) is 8.64. The Morgan fingerprint density at radius 1 is 0.833 bits per heavy atom. The third kappa shape index (κ3) is 2.66. The summed E-state index contributed by atoms with van der Waals surface area (Å²) in [7, 11) is 0. The molecule has 2 aliphatic rings. The van der Waals surface area contributed by atoms with Crippen LogP contribution in [0.4, 0.5) is 0 Å². The molecule has 2 aromatic rings. The van der Waals surface area contributed by atoms with E-state index in [1.165, 1.54) is 11.3 Å². The van der Waals surface area contributed by atoms with E-state index in [-0.39, 0.29) is 22.4 Å². The van der Waals surface area contributed by atoms with Gasteiger partial charge in [0.25, 0.3) is 11.8 Å². The summed E-state index contributed by atoms with van der Waals surface area (Å²) >= 11 is 3.71. The van der Waals surface area contributed by atoms with E-state index in [0.717, 1.165) is 17.1 Å².